The average molecular weight is 394 g/mol. The molecule has 0 unspecified atom stereocenters. The molecule has 1 atom stereocenters. The zero-order valence-electron chi connectivity index (χ0n) is 16.6. The molecule has 0 radical (unpaired) electrons. The lowest BCUT2D eigenvalue weighted by Crippen LogP contribution is -2.44. The van der Waals surface area contributed by atoms with Crippen LogP contribution in [-0.2, 0) is 9.53 Å². The Bertz CT molecular complexity index is 957. The summed E-state index contributed by atoms with van der Waals surface area (Å²) in [5, 5.41) is 5.09. The van der Waals surface area contributed by atoms with Crippen molar-refractivity contribution in [2.45, 2.75) is 13.0 Å². The number of furan rings is 1. The number of carbonyl (C=O) groups excluding carboxylic acids is 1. The highest BCUT2D eigenvalue weighted by molar-refractivity contribution is 5.88. The Morgan fingerprint density at radius 2 is 1.90 bits per heavy atom. The summed E-state index contributed by atoms with van der Waals surface area (Å²) in [7, 11) is 0. The van der Waals surface area contributed by atoms with Crippen molar-refractivity contribution >= 4 is 16.7 Å². The topological polar surface area (TPSA) is 63.9 Å². The van der Waals surface area contributed by atoms with Gasteiger partial charge in [0.1, 0.15) is 17.3 Å². The smallest absolute Gasteiger partial charge is 0.258 e. The summed E-state index contributed by atoms with van der Waals surface area (Å²) in [5.74, 6) is 2.28. The third-order valence-electron chi connectivity index (χ3n) is 5.18. The van der Waals surface area contributed by atoms with Gasteiger partial charge in [-0.15, -0.1) is 0 Å². The second kappa shape index (κ2) is 9.11. The first-order valence-corrected chi connectivity index (χ1v) is 9.96. The molecule has 1 aliphatic heterocycles. The molecule has 0 spiro atoms. The third kappa shape index (κ3) is 4.78. The third-order valence-corrected chi connectivity index (χ3v) is 5.18. The Labute approximate surface area is 170 Å². The van der Waals surface area contributed by atoms with E-state index in [1.807, 2.05) is 61.5 Å². The predicted octanol–water partition coefficient (Wildman–Crippen LogP) is 3.31. The van der Waals surface area contributed by atoms with Gasteiger partial charge < -0.3 is 19.2 Å². The van der Waals surface area contributed by atoms with Gasteiger partial charge in [-0.25, -0.2) is 0 Å². The van der Waals surface area contributed by atoms with Crippen LogP contribution in [0.5, 0.6) is 5.75 Å². The van der Waals surface area contributed by atoms with E-state index in [-0.39, 0.29) is 18.6 Å². The van der Waals surface area contributed by atoms with Crippen molar-refractivity contribution in [2.75, 3.05) is 39.5 Å². The van der Waals surface area contributed by atoms with E-state index in [2.05, 4.69) is 10.2 Å². The van der Waals surface area contributed by atoms with Crippen LogP contribution in [0.15, 0.2) is 59.0 Å². The molecule has 1 aliphatic rings. The molecule has 0 saturated carbocycles. The molecule has 2 aromatic carbocycles. The van der Waals surface area contributed by atoms with E-state index in [0.29, 0.717) is 25.5 Å². The summed E-state index contributed by atoms with van der Waals surface area (Å²) >= 11 is 0. The summed E-state index contributed by atoms with van der Waals surface area (Å²) in [5.41, 5.74) is 0. The van der Waals surface area contributed by atoms with Crippen LogP contribution >= 0.6 is 0 Å². The van der Waals surface area contributed by atoms with Crippen molar-refractivity contribution in [2.24, 2.45) is 0 Å². The van der Waals surface area contributed by atoms with Gasteiger partial charge in [-0.05, 0) is 30.5 Å². The molecular formula is C23H26N2O4. The number of hydrogen-bond donors (Lipinski definition) is 1. The first-order valence-electron chi connectivity index (χ1n) is 9.96. The zero-order valence-corrected chi connectivity index (χ0v) is 16.6. The van der Waals surface area contributed by atoms with Crippen LogP contribution in [0, 0.1) is 6.92 Å². The highest BCUT2D eigenvalue weighted by Gasteiger charge is 2.25. The number of nitrogens with one attached hydrogen (secondary N) is 1. The predicted molar refractivity (Wildman–Crippen MR) is 111 cm³/mol. The molecule has 4 rings (SSSR count). The molecule has 0 aliphatic carbocycles. The van der Waals surface area contributed by atoms with Gasteiger partial charge >= 0.3 is 0 Å². The Kier molecular flexibility index (Phi) is 6.12. The summed E-state index contributed by atoms with van der Waals surface area (Å²) in [6.45, 7) is 5.37. The first kappa shape index (κ1) is 19.5. The molecule has 1 fully saturated rings. The van der Waals surface area contributed by atoms with Gasteiger partial charge in [0.25, 0.3) is 5.91 Å². The molecule has 1 amide bonds. The normalized spacial score (nSPS) is 15.9. The molecule has 1 N–H and O–H groups in total. The number of carbonyl (C=O) groups is 1. The standard InChI is InChI=1S/C23H26N2O4/c1-17-9-10-22(29-17)20(25-11-13-27-14-12-25)15-24-23(26)16-28-21-8-4-6-18-5-2-3-7-19(18)21/h2-10,20H,11-16H2,1H3,(H,24,26)/t20-/m0/s1. The number of nitrogens with zero attached hydrogens (tertiary/aromatic N) is 1. The number of amides is 1. The maximum Gasteiger partial charge on any atom is 0.258 e. The number of ether oxygens (including phenoxy) is 2. The SMILES string of the molecule is Cc1ccc([C@H](CNC(=O)COc2cccc3ccccc23)N2CCOCC2)o1. The van der Waals surface area contributed by atoms with E-state index >= 15 is 0 Å². The fraction of sp³-hybridized carbons (Fsp3) is 0.348. The highest BCUT2D eigenvalue weighted by Crippen LogP contribution is 2.25. The van der Waals surface area contributed by atoms with E-state index in [9.17, 15) is 4.79 Å². The van der Waals surface area contributed by atoms with Gasteiger partial charge in [0, 0.05) is 25.0 Å². The van der Waals surface area contributed by atoms with Gasteiger partial charge in [-0.2, -0.15) is 0 Å². The maximum atomic E-state index is 12.5. The van der Waals surface area contributed by atoms with E-state index in [1.54, 1.807) is 0 Å². The van der Waals surface area contributed by atoms with E-state index in [1.165, 1.54) is 0 Å². The van der Waals surface area contributed by atoms with Crippen molar-refractivity contribution in [3.8, 4) is 5.75 Å². The van der Waals surface area contributed by atoms with Gasteiger partial charge in [-0.3, -0.25) is 9.69 Å². The lowest BCUT2D eigenvalue weighted by molar-refractivity contribution is -0.123. The van der Waals surface area contributed by atoms with E-state index in [0.717, 1.165) is 35.4 Å². The Hall–Kier alpha value is -2.83. The summed E-state index contributed by atoms with van der Waals surface area (Å²) in [4.78, 5) is 14.8. The van der Waals surface area contributed by atoms with Crippen LogP contribution in [0.2, 0.25) is 0 Å². The second-order valence-electron chi connectivity index (χ2n) is 7.18. The van der Waals surface area contributed by atoms with Gasteiger partial charge in [0.05, 0.1) is 19.3 Å². The number of morpholine rings is 1. The molecule has 1 aromatic heterocycles. The second-order valence-corrected chi connectivity index (χ2v) is 7.18. The monoisotopic (exact) mass is 394 g/mol. The average Bonchev–Trinajstić information content (AvgIpc) is 3.19. The molecule has 6 heteroatoms. The van der Waals surface area contributed by atoms with Crippen molar-refractivity contribution in [1.29, 1.82) is 0 Å². The number of benzene rings is 2. The summed E-state index contributed by atoms with van der Waals surface area (Å²) < 4.78 is 17.1. The lowest BCUT2D eigenvalue weighted by Gasteiger charge is -2.33. The molecule has 29 heavy (non-hydrogen) atoms. The quantitative estimate of drug-likeness (QED) is 0.666. The van der Waals surface area contributed by atoms with Gasteiger partial charge in [0.2, 0.25) is 0 Å². The number of hydrogen-bond acceptors (Lipinski definition) is 5. The van der Waals surface area contributed by atoms with Crippen LogP contribution in [0.4, 0.5) is 0 Å². The minimum atomic E-state index is -0.153. The van der Waals surface area contributed by atoms with Crippen molar-refractivity contribution in [3.63, 3.8) is 0 Å². The zero-order chi connectivity index (χ0) is 20.1. The molecule has 2 heterocycles. The number of fused-ring (bicyclic) bond motifs is 1. The fourth-order valence-electron chi connectivity index (χ4n) is 3.66. The minimum Gasteiger partial charge on any atom is -0.483 e. The maximum absolute atomic E-state index is 12.5. The molecule has 152 valence electrons. The van der Waals surface area contributed by atoms with Crippen molar-refractivity contribution in [3.05, 3.63) is 66.1 Å². The van der Waals surface area contributed by atoms with Crippen LogP contribution in [0.3, 0.4) is 0 Å². The van der Waals surface area contributed by atoms with Crippen LogP contribution in [0.25, 0.3) is 10.8 Å². The molecule has 1 saturated heterocycles. The van der Waals surface area contributed by atoms with Crippen LogP contribution in [-0.4, -0.2) is 50.3 Å². The fourth-order valence-corrected chi connectivity index (χ4v) is 3.66. The molecular weight excluding hydrogens is 368 g/mol. The van der Waals surface area contributed by atoms with E-state index < -0.39 is 0 Å². The number of rotatable bonds is 7. The van der Waals surface area contributed by atoms with Gasteiger partial charge in [0.15, 0.2) is 6.61 Å². The van der Waals surface area contributed by atoms with E-state index in [4.69, 9.17) is 13.9 Å². The van der Waals surface area contributed by atoms with Crippen LogP contribution < -0.4 is 10.1 Å². The largest absolute Gasteiger partial charge is 0.483 e. The number of aryl methyl sites for hydroxylation is 1. The highest BCUT2D eigenvalue weighted by atomic mass is 16.5. The Morgan fingerprint density at radius 3 is 2.69 bits per heavy atom. The van der Waals surface area contributed by atoms with Crippen molar-refractivity contribution < 1.29 is 18.7 Å². The molecule has 6 nitrogen and oxygen atoms in total. The minimum absolute atomic E-state index is 0.0193. The Balaban J connectivity index is 1.37. The molecule has 3 aromatic rings. The van der Waals surface area contributed by atoms with Crippen molar-refractivity contribution in [1.82, 2.24) is 10.2 Å². The Morgan fingerprint density at radius 1 is 1.10 bits per heavy atom. The first-order chi connectivity index (χ1) is 14.2. The lowest BCUT2D eigenvalue weighted by atomic mass is 10.1. The molecule has 0 bridgehead atoms. The summed E-state index contributed by atoms with van der Waals surface area (Å²) in [6, 6.07) is 17.7. The van der Waals surface area contributed by atoms with Gasteiger partial charge in [-0.1, -0.05) is 36.4 Å². The summed E-state index contributed by atoms with van der Waals surface area (Å²) in [6.07, 6.45) is 0. The van der Waals surface area contributed by atoms with Crippen LogP contribution in [0.1, 0.15) is 17.6 Å².